The molecule has 1 saturated carbocycles. The number of ether oxygens (including phenoxy) is 2. The van der Waals surface area contributed by atoms with Gasteiger partial charge in [-0.05, 0) is 38.8 Å². The number of aliphatic hydroxyl groups excluding tert-OH is 1. The Hall–Kier alpha value is -2.40. The quantitative estimate of drug-likeness (QED) is 0.571. The van der Waals surface area contributed by atoms with Gasteiger partial charge in [0.25, 0.3) is 0 Å². The van der Waals surface area contributed by atoms with Gasteiger partial charge in [-0.15, -0.1) is 0 Å². The van der Waals surface area contributed by atoms with Crippen LogP contribution < -0.4 is 0 Å². The highest BCUT2D eigenvalue weighted by Gasteiger charge is 2.50. The Bertz CT molecular complexity index is 748. The fourth-order valence-corrected chi connectivity index (χ4v) is 3.97. The number of fused-ring (bicyclic) bond motifs is 1. The molecule has 0 aromatic heterocycles. The van der Waals surface area contributed by atoms with Gasteiger partial charge in [-0.1, -0.05) is 42.0 Å². The number of benzene rings is 1. The number of rotatable bonds is 7. The van der Waals surface area contributed by atoms with Gasteiger partial charge < -0.3 is 14.6 Å². The van der Waals surface area contributed by atoms with E-state index in [-0.39, 0.29) is 36.0 Å². The molecule has 0 spiro atoms. The molecule has 0 radical (unpaired) electrons. The van der Waals surface area contributed by atoms with E-state index >= 15 is 0 Å². The van der Waals surface area contributed by atoms with E-state index in [0.29, 0.717) is 24.8 Å². The van der Waals surface area contributed by atoms with Crippen molar-refractivity contribution in [2.75, 3.05) is 0 Å². The normalized spacial score (nSPS) is 27.3. The molecule has 28 heavy (non-hydrogen) atoms. The summed E-state index contributed by atoms with van der Waals surface area (Å²) in [5.74, 6) is -0.728. The Morgan fingerprint density at radius 3 is 2.79 bits per heavy atom. The summed E-state index contributed by atoms with van der Waals surface area (Å²) in [5, 5.41) is 10.2. The lowest BCUT2D eigenvalue weighted by molar-refractivity contribution is -0.141. The molecule has 2 aliphatic rings. The third-order valence-corrected chi connectivity index (χ3v) is 5.39. The summed E-state index contributed by atoms with van der Waals surface area (Å²) in [7, 11) is 0. The Kier molecular flexibility index (Phi) is 6.68. The highest BCUT2D eigenvalue weighted by molar-refractivity contribution is 5.89. The largest absolute Gasteiger partial charge is 0.462 e. The minimum atomic E-state index is -0.571. The van der Waals surface area contributed by atoms with Gasteiger partial charge in [0.05, 0.1) is 18.1 Å². The van der Waals surface area contributed by atoms with Crippen LogP contribution in [-0.4, -0.2) is 35.4 Å². The van der Waals surface area contributed by atoms with Gasteiger partial charge in [-0.2, -0.15) is 0 Å². The van der Waals surface area contributed by atoms with Crippen molar-refractivity contribution >= 4 is 11.9 Å². The molecule has 5 heteroatoms. The molecule has 1 saturated heterocycles. The van der Waals surface area contributed by atoms with Crippen molar-refractivity contribution in [2.24, 2.45) is 11.8 Å². The van der Waals surface area contributed by atoms with Crippen LogP contribution in [0.15, 0.2) is 54.1 Å². The molecule has 0 amide bonds. The molecule has 5 atom stereocenters. The number of esters is 2. The summed E-state index contributed by atoms with van der Waals surface area (Å²) in [6.45, 7) is 4.06. The topological polar surface area (TPSA) is 72.8 Å². The van der Waals surface area contributed by atoms with E-state index in [4.69, 9.17) is 9.47 Å². The molecule has 1 unspecified atom stereocenters. The number of hydrogen-bond donors (Lipinski definition) is 1. The van der Waals surface area contributed by atoms with Crippen LogP contribution in [0.2, 0.25) is 0 Å². The van der Waals surface area contributed by atoms with E-state index < -0.39 is 6.10 Å². The molecule has 0 bridgehead atoms. The summed E-state index contributed by atoms with van der Waals surface area (Å²) in [6.07, 6.45) is 6.86. The Morgan fingerprint density at radius 1 is 1.32 bits per heavy atom. The smallest absolute Gasteiger partial charge is 0.338 e. The summed E-state index contributed by atoms with van der Waals surface area (Å²) in [4.78, 5) is 24.1. The second kappa shape index (κ2) is 9.20. The van der Waals surface area contributed by atoms with Crippen molar-refractivity contribution in [1.82, 2.24) is 0 Å². The van der Waals surface area contributed by atoms with Gasteiger partial charge in [0, 0.05) is 18.3 Å². The molecule has 1 aromatic carbocycles. The maximum atomic E-state index is 12.5. The van der Waals surface area contributed by atoms with Crippen LogP contribution in [0.3, 0.4) is 0 Å². The zero-order valence-electron chi connectivity index (χ0n) is 16.4. The van der Waals surface area contributed by atoms with Crippen LogP contribution >= 0.6 is 0 Å². The van der Waals surface area contributed by atoms with Crippen LogP contribution in [0.25, 0.3) is 0 Å². The first-order valence-electron chi connectivity index (χ1n) is 9.89. The van der Waals surface area contributed by atoms with Crippen LogP contribution in [0.5, 0.6) is 0 Å². The molecule has 2 fully saturated rings. The summed E-state index contributed by atoms with van der Waals surface area (Å²) in [5.41, 5.74) is 1.73. The molecule has 150 valence electrons. The first-order chi connectivity index (χ1) is 13.4. The molecule has 1 N–H and O–H groups in total. The number of allylic oxidation sites excluding steroid dienone is 2. The van der Waals surface area contributed by atoms with Crippen molar-refractivity contribution in [1.29, 1.82) is 0 Å². The van der Waals surface area contributed by atoms with E-state index in [0.717, 1.165) is 6.42 Å². The highest BCUT2D eigenvalue weighted by Crippen LogP contribution is 2.43. The molecule has 1 aliphatic heterocycles. The van der Waals surface area contributed by atoms with Crippen molar-refractivity contribution < 1.29 is 24.2 Å². The van der Waals surface area contributed by atoms with Gasteiger partial charge in [0.2, 0.25) is 0 Å². The predicted molar refractivity (Wildman–Crippen MR) is 106 cm³/mol. The maximum Gasteiger partial charge on any atom is 0.338 e. The number of hydrogen-bond acceptors (Lipinski definition) is 5. The molecule has 1 aliphatic carbocycles. The standard InChI is InChI=1S/C23H28O5/c1-15(2)7-6-10-17(24)11-12-18-19-13-22(25)27-21(19)14-20(18)28-23(26)16-8-4-3-5-9-16/h3-5,7-9,11-12,17-21,24H,6,10,13-14H2,1-2H3/t17?,18-,19-,20-,21-/m0/s1. The highest BCUT2D eigenvalue weighted by atomic mass is 16.6. The van der Waals surface area contributed by atoms with Crippen LogP contribution in [-0.2, 0) is 14.3 Å². The second-order valence-electron chi connectivity index (χ2n) is 7.83. The summed E-state index contributed by atoms with van der Waals surface area (Å²) < 4.78 is 11.2. The first kappa shape index (κ1) is 20.3. The van der Waals surface area contributed by atoms with E-state index in [9.17, 15) is 14.7 Å². The molecular weight excluding hydrogens is 356 g/mol. The van der Waals surface area contributed by atoms with Gasteiger partial charge in [0.1, 0.15) is 12.2 Å². The zero-order chi connectivity index (χ0) is 20.1. The van der Waals surface area contributed by atoms with Crippen molar-refractivity contribution in [3.8, 4) is 0 Å². The Balaban J connectivity index is 1.67. The zero-order valence-corrected chi connectivity index (χ0v) is 16.4. The van der Waals surface area contributed by atoms with Gasteiger partial charge in [-0.25, -0.2) is 4.79 Å². The van der Waals surface area contributed by atoms with Crippen molar-refractivity contribution in [3.05, 3.63) is 59.7 Å². The number of carbonyl (C=O) groups excluding carboxylic acids is 2. The van der Waals surface area contributed by atoms with E-state index in [1.165, 1.54) is 5.57 Å². The van der Waals surface area contributed by atoms with E-state index in [1.807, 2.05) is 26.0 Å². The van der Waals surface area contributed by atoms with E-state index in [2.05, 4.69) is 6.08 Å². The molecule has 1 heterocycles. The van der Waals surface area contributed by atoms with Crippen LogP contribution in [0.4, 0.5) is 0 Å². The molecule has 5 nitrogen and oxygen atoms in total. The van der Waals surface area contributed by atoms with Gasteiger partial charge in [-0.3, -0.25) is 4.79 Å². The minimum absolute atomic E-state index is 0.0118. The van der Waals surface area contributed by atoms with Crippen LogP contribution in [0, 0.1) is 11.8 Å². The Labute approximate surface area is 166 Å². The fraction of sp³-hybridized carbons (Fsp3) is 0.478. The van der Waals surface area contributed by atoms with Crippen molar-refractivity contribution in [2.45, 2.75) is 57.8 Å². The third kappa shape index (κ3) is 5.10. The fourth-order valence-electron chi connectivity index (χ4n) is 3.97. The average molecular weight is 384 g/mol. The Morgan fingerprint density at radius 2 is 2.07 bits per heavy atom. The minimum Gasteiger partial charge on any atom is -0.462 e. The summed E-state index contributed by atoms with van der Waals surface area (Å²) in [6, 6.07) is 8.87. The number of aliphatic hydroxyl groups is 1. The molecule has 3 rings (SSSR count). The lowest BCUT2D eigenvalue weighted by atomic mass is 9.91. The van der Waals surface area contributed by atoms with Gasteiger partial charge in [0.15, 0.2) is 0 Å². The van der Waals surface area contributed by atoms with E-state index in [1.54, 1.807) is 30.3 Å². The average Bonchev–Trinajstić information content (AvgIpc) is 3.16. The first-order valence-corrected chi connectivity index (χ1v) is 9.89. The monoisotopic (exact) mass is 384 g/mol. The third-order valence-electron chi connectivity index (χ3n) is 5.39. The summed E-state index contributed by atoms with van der Waals surface area (Å²) >= 11 is 0. The maximum absolute atomic E-state index is 12.5. The second-order valence-corrected chi connectivity index (χ2v) is 7.83. The predicted octanol–water partition coefficient (Wildman–Crippen LogP) is 3.83. The van der Waals surface area contributed by atoms with Crippen molar-refractivity contribution in [3.63, 3.8) is 0 Å². The SMILES string of the molecule is CC(C)=CCCC(O)C=C[C@H]1[C@@H]2CC(=O)O[C@H]2C[C@@H]1OC(=O)c1ccccc1. The van der Waals surface area contributed by atoms with Crippen LogP contribution in [0.1, 0.15) is 49.9 Å². The van der Waals surface area contributed by atoms with Gasteiger partial charge >= 0.3 is 11.9 Å². The number of carbonyl (C=O) groups is 2. The lowest BCUT2D eigenvalue weighted by Gasteiger charge is -2.20. The molecule has 1 aromatic rings. The molecular formula is C23H28O5. The lowest BCUT2D eigenvalue weighted by Crippen LogP contribution is -2.25.